The Hall–Kier alpha value is -0.900. The fourth-order valence-electron chi connectivity index (χ4n) is 1.65. The monoisotopic (exact) mass is 200 g/mol. The minimum atomic E-state index is -0.265. The Morgan fingerprint density at radius 2 is 2.14 bits per heavy atom. The second-order valence-electron chi connectivity index (χ2n) is 3.65. The largest absolute Gasteiger partial charge is 0.462 e. The van der Waals surface area contributed by atoms with E-state index in [9.17, 15) is 9.59 Å². The Morgan fingerprint density at radius 1 is 1.43 bits per heavy atom. The van der Waals surface area contributed by atoms with Crippen molar-refractivity contribution in [1.29, 1.82) is 0 Å². The topological polar surface area (TPSA) is 52.6 Å². The molecule has 4 nitrogen and oxygen atoms in total. The molecule has 1 aliphatic rings. The van der Waals surface area contributed by atoms with Crippen molar-refractivity contribution in [2.45, 2.75) is 45.3 Å². The first-order valence-electron chi connectivity index (χ1n) is 4.86. The first kappa shape index (κ1) is 11.2. The van der Waals surface area contributed by atoms with Gasteiger partial charge >= 0.3 is 5.97 Å². The van der Waals surface area contributed by atoms with E-state index in [0.717, 1.165) is 6.42 Å². The molecule has 80 valence electrons. The number of Topliss-reactive ketones (excluding diaryl/α,β-unsaturated/α-hetero) is 1. The zero-order chi connectivity index (χ0) is 10.6. The number of carbonyl (C=O) groups excluding carboxylic acids is 2. The molecule has 1 fully saturated rings. The number of ether oxygens (including phenoxy) is 2. The maximum absolute atomic E-state index is 10.9. The highest BCUT2D eigenvalue weighted by molar-refractivity contribution is 5.76. The van der Waals surface area contributed by atoms with Crippen molar-refractivity contribution in [3.8, 4) is 0 Å². The van der Waals surface area contributed by atoms with Gasteiger partial charge in [0.15, 0.2) is 0 Å². The molecule has 14 heavy (non-hydrogen) atoms. The first-order chi connectivity index (χ1) is 6.58. The quantitative estimate of drug-likeness (QED) is 0.639. The lowest BCUT2D eigenvalue weighted by molar-refractivity contribution is -0.153. The highest BCUT2D eigenvalue weighted by Crippen LogP contribution is 2.19. The summed E-state index contributed by atoms with van der Waals surface area (Å²) in [4.78, 5) is 21.6. The second kappa shape index (κ2) is 5.10. The van der Waals surface area contributed by atoms with Crippen LogP contribution in [0.5, 0.6) is 0 Å². The van der Waals surface area contributed by atoms with Crippen molar-refractivity contribution in [2.75, 3.05) is 6.61 Å². The Morgan fingerprint density at radius 3 is 2.71 bits per heavy atom. The van der Waals surface area contributed by atoms with Gasteiger partial charge in [0.25, 0.3) is 0 Å². The number of hydrogen-bond acceptors (Lipinski definition) is 4. The fourth-order valence-corrected chi connectivity index (χ4v) is 1.65. The summed E-state index contributed by atoms with van der Waals surface area (Å²) >= 11 is 0. The van der Waals surface area contributed by atoms with Gasteiger partial charge in [-0.3, -0.25) is 9.59 Å². The molecule has 0 bridgehead atoms. The Balaban J connectivity index is 2.35. The van der Waals surface area contributed by atoms with Gasteiger partial charge in [0.2, 0.25) is 0 Å². The predicted molar refractivity (Wildman–Crippen MR) is 49.8 cm³/mol. The lowest BCUT2D eigenvalue weighted by atomic mass is 10.0. The maximum atomic E-state index is 10.9. The number of ketones is 1. The number of rotatable bonds is 3. The molecule has 0 aromatic carbocycles. The van der Waals surface area contributed by atoms with Crippen LogP contribution < -0.4 is 0 Å². The van der Waals surface area contributed by atoms with Gasteiger partial charge in [-0.1, -0.05) is 0 Å². The molecule has 1 heterocycles. The van der Waals surface area contributed by atoms with E-state index in [-0.39, 0.29) is 24.0 Å². The van der Waals surface area contributed by atoms with Crippen molar-refractivity contribution < 1.29 is 19.1 Å². The normalized spacial score (nSPS) is 27.0. The van der Waals surface area contributed by atoms with Crippen molar-refractivity contribution in [1.82, 2.24) is 0 Å². The summed E-state index contributed by atoms with van der Waals surface area (Å²) in [5.74, 6) is -0.156. The number of hydrogen-bond donors (Lipinski definition) is 0. The lowest BCUT2D eigenvalue weighted by Crippen LogP contribution is -2.33. The third kappa shape index (κ3) is 3.87. The van der Waals surface area contributed by atoms with Crippen LogP contribution in [0.4, 0.5) is 0 Å². The standard InChI is InChI=1S/C10H16O4/c1-7(11)5-10-6-9(3-4-13-10)14-8(2)12/h9-10H,3-6H2,1-2H3. The van der Waals surface area contributed by atoms with Gasteiger partial charge < -0.3 is 9.47 Å². The molecule has 1 aliphatic heterocycles. The molecule has 2 atom stereocenters. The van der Waals surface area contributed by atoms with Crippen LogP contribution >= 0.6 is 0 Å². The van der Waals surface area contributed by atoms with Crippen LogP contribution in [0, 0.1) is 0 Å². The van der Waals surface area contributed by atoms with E-state index >= 15 is 0 Å². The molecule has 0 saturated carbocycles. The van der Waals surface area contributed by atoms with E-state index in [0.29, 0.717) is 19.4 Å². The summed E-state index contributed by atoms with van der Waals surface area (Å²) < 4.78 is 10.5. The SMILES string of the molecule is CC(=O)CC1CC(OC(C)=O)CCO1. The zero-order valence-corrected chi connectivity index (χ0v) is 8.62. The molecule has 0 amide bonds. The summed E-state index contributed by atoms with van der Waals surface area (Å²) in [6.07, 6.45) is 1.63. The summed E-state index contributed by atoms with van der Waals surface area (Å²) in [6, 6.07) is 0. The van der Waals surface area contributed by atoms with E-state index in [4.69, 9.17) is 9.47 Å². The van der Waals surface area contributed by atoms with Crippen molar-refractivity contribution in [2.24, 2.45) is 0 Å². The molecule has 0 aliphatic carbocycles. The number of esters is 1. The van der Waals surface area contributed by atoms with Gasteiger partial charge in [0, 0.05) is 26.2 Å². The van der Waals surface area contributed by atoms with Crippen molar-refractivity contribution in [3.63, 3.8) is 0 Å². The summed E-state index contributed by atoms with van der Waals surface area (Å²) in [5.41, 5.74) is 0. The molecular formula is C10H16O4. The lowest BCUT2D eigenvalue weighted by Gasteiger charge is -2.28. The van der Waals surface area contributed by atoms with Crippen LogP contribution in [0.15, 0.2) is 0 Å². The minimum absolute atomic E-state index is 0.0781. The summed E-state index contributed by atoms with van der Waals surface area (Å²) in [7, 11) is 0. The van der Waals surface area contributed by atoms with Crippen LogP contribution in [0.25, 0.3) is 0 Å². The van der Waals surface area contributed by atoms with Gasteiger partial charge in [-0.15, -0.1) is 0 Å². The molecule has 2 unspecified atom stereocenters. The predicted octanol–water partition coefficient (Wildman–Crippen LogP) is 1.08. The van der Waals surface area contributed by atoms with E-state index in [2.05, 4.69) is 0 Å². The second-order valence-corrected chi connectivity index (χ2v) is 3.65. The average Bonchev–Trinajstić information content (AvgIpc) is 2.01. The highest BCUT2D eigenvalue weighted by atomic mass is 16.6. The third-order valence-corrected chi connectivity index (χ3v) is 2.17. The van der Waals surface area contributed by atoms with Crippen LogP contribution in [0.1, 0.15) is 33.1 Å². The number of carbonyl (C=O) groups is 2. The van der Waals surface area contributed by atoms with Gasteiger partial charge in [-0.25, -0.2) is 0 Å². The zero-order valence-electron chi connectivity index (χ0n) is 8.62. The maximum Gasteiger partial charge on any atom is 0.302 e. The molecule has 0 aromatic heterocycles. The highest BCUT2D eigenvalue weighted by Gasteiger charge is 2.25. The van der Waals surface area contributed by atoms with Gasteiger partial charge in [-0.05, 0) is 6.92 Å². The smallest absolute Gasteiger partial charge is 0.302 e. The van der Waals surface area contributed by atoms with Crippen LogP contribution in [-0.2, 0) is 19.1 Å². The minimum Gasteiger partial charge on any atom is -0.462 e. The van der Waals surface area contributed by atoms with E-state index < -0.39 is 0 Å². The molecule has 0 spiro atoms. The third-order valence-electron chi connectivity index (χ3n) is 2.17. The molecule has 4 heteroatoms. The van der Waals surface area contributed by atoms with E-state index in [1.165, 1.54) is 6.92 Å². The fraction of sp³-hybridized carbons (Fsp3) is 0.800. The Kier molecular flexibility index (Phi) is 4.07. The van der Waals surface area contributed by atoms with E-state index in [1.54, 1.807) is 6.92 Å². The summed E-state index contributed by atoms with van der Waals surface area (Å²) in [5, 5.41) is 0. The average molecular weight is 200 g/mol. The van der Waals surface area contributed by atoms with E-state index in [1.807, 2.05) is 0 Å². The van der Waals surface area contributed by atoms with Crippen molar-refractivity contribution >= 4 is 11.8 Å². The molecular weight excluding hydrogens is 184 g/mol. The Labute approximate surface area is 83.6 Å². The first-order valence-corrected chi connectivity index (χ1v) is 4.86. The summed E-state index contributed by atoms with van der Waals surface area (Å²) in [6.45, 7) is 3.50. The molecule has 1 saturated heterocycles. The molecule has 1 rings (SSSR count). The Bertz CT molecular complexity index is 202. The van der Waals surface area contributed by atoms with Gasteiger partial charge in [0.05, 0.1) is 12.7 Å². The van der Waals surface area contributed by atoms with Gasteiger partial charge in [-0.2, -0.15) is 0 Å². The van der Waals surface area contributed by atoms with Gasteiger partial charge in [0.1, 0.15) is 11.9 Å². The molecule has 0 N–H and O–H groups in total. The van der Waals surface area contributed by atoms with Crippen LogP contribution in [-0.4, -0.2) is 30.6 Å². The van der Waals surface area contributed by atoms with Crippen LogP contribution in [0.2, 0.25) is 0 Å². The van der Waals surface area contributed by atoms with Crippen molar-refractivity contribution in [3.05, 3.63) is 0 Å². The molecule has 0 aromatic rings. The molecule has 0 radical (unpaired) electrons. The van der Waals surface area contributed by atoms with Crippen LogP contribution in [0.3, 0.4) is 0 Å².